The van der Waals surface area contributed by atoms with Gasteiger partial charge in [0.1, 0.15) is 0 Å². The summed E-state index contributed by atoms with van der Waals surface area (Å²) in [5, 5.41) is 0. The van der Waals surface area contributed by atoms with E-state index in [0.717, 1.165) is 11.8 Å². The van der Waals surface area contributed by atoms with Crippen molar-refractivity contribution >= 4 is 23.5 Å². The lowest BCUT2D eigenvalue weighted by Gasteiger charge is -2.44. The molecule has 0 amide bonds. The molecule has 2 atom stereocenters. The zero-order valence-corrected chi connectivity index (χ0v) is 21.9. The first kappa shape index (κ1) is 24.3. The number of benzene rings is 2. The van der Waals surface area contributed by atoms with Gasteiger partial charge < -0.3 is 0 Å². The molecule has 4 rings (SSSR count). The Labute approximate surface area is 205 Å². The Morgan fingerprint density at radius 1 is 0.750 bits per heavy atom. The van der Waals surface area contributed by atoms with E-state index in [1.807, 2.05) is 0 Å². The van der Waals surface area contributed by atoms with Gasteiger partial charge in [-0.05, 0) is 60.3 Å². The molecule has 1 spiro atoms. The van der Waals surface area contributed by atoms with Gasteiger partial charge in [0.15, 0.2) is 0 Å². The molecule has 0 N–H and O–H groups in total. The summed E-state index contributed by atoms with van der Waals surface area (Å²) >= 11 is 4.57. The van der Waals surface area contributed by atoms with Gasteiger partial charge in [-0.2, -0.15) is 0 Å². The van der Waals surface area contributed by atoms with Crippen LogP contribution >= 0.6 is 23.5 Å². The smallest absolute Gasteiger partial charge is 0.0682 e. The van der Waals surface area contributed by atoms with Gasteiger partial charge in [0.25, 0.3) is 0 Å². The Morgan fingerprint density at radius 3 is 2.03 bits per heavy atom. The van der Waals surface area contributed by atoms with Gasteiger partial charge in [-0.1, -0.05) is 101 Å². The lowest BCUT2D eigenvalue weighted by Crippen LogP contribution is -2.35. The Balaban J connectivity index is 1.42. The number of unbranched alkanes of at least 4 members (excludes halogenated alkanes) is 4. The van der Waals surface area contributed by atoms with E-state index in [2.05, 4.69) is 85.9 Å². The molecule has 2 aromatic carbocycles. The third-order valence-electron chi connectivity index (χ3n) is 7.63. The van der Waals surface area contributed by atoms with Gasteiger partial charge in [-0.25, -0.2) is 0 Å². The summed E-state index contributed by atoms with van der Waals surface area (Å²) in [7, 11) is 0. The van der Waals surface area contributed by atoms with Crippen molar-refractivity contribution in [2.75, 3.05) is 11.5 Å². The highest BCUT2D eigenvalue weighted by Crippen LogP contribution is 2.61. The van der Waals surface area contributed by atoms with Crippen LogP contribution in [0, 0.1) is 5.92 Å². The predicted molar refractivity (Wildman–Crippen MR) is 147 cm³/mol. The SMILES string of the molecule is CCCCCc1ccc(-c2ccc([C@@H]3CC[C@@H](CCCCC)CC34SCCS4)cc2)cc1. The summed E-state index contributed by atoms with van der Waals surface area (Å²) in [5.41, 5.74) is 5.78. The molecule has 0 bridgehead atoms. The zero-order chi connectivity index (χ0) is 22.2. The van der Waals surface area contributed by atoms with Gasteiger partial charge in [-0.15, -0.1) is 23.5 Å². The summed E-state index contributed by atoms with van der Waals surface area (Å²) in [4.78, 5) is 0. The van der Waals surface area contributed by atoms with Crippen molar-refractivity contribution in [2.45, 2.75) is 94.5 Å². The summed E-state index contributed by atoms with van der Waals surface area (Å²) in [5.74, 6) is 4.35. The molecule has 2 aliphatic rings. The third kappa shape index (κ3) is 5.98. The average Bonchev–Trinajstić information content (AvgIpc) is 3.28. The highest BCUT2D eigenvalue weighted by Gasteiger charge is 2.47. The molecular weight excluding hydrogens is 424 g/mol. The normalized spacial score (nSPS) is 22.4. The maximum absolute atomic E-state index is 2.45. The van der Waals surface area contributed by atoms with Gasteiger partial charge in [0, 0.05) is 17.4 Å². The average molecular weight is 467 g/mol. The molecule has 1 heterocycles. The minimum absolute atomic E-state index is 0.441. The van der Waals surface area contributed by atoms with Gasteiger partial charge in [-0.3, -0.25) is 0 Å². The first-order chi connectivity index (χ1) is 15.7. The van der Waals surface area contributed by atoms with Crippen LogP contribution in [0.15, 0.2) is 48.5 Å². The summed E-state index contributed by atoms with van der Waals surface area (Å²) in [6.07, 6.45) is 15.0. The van der Waals surface area contributed by atoms with Crippen LogP contribution in [0.3, 0.4) is 0 Å². The Morgan fingerprint density at radius 2 is 1.38 bits per heavy atom. The van der Waals surface area contributed by atoms with Crippen LogP contribution in [0.2, 0.25) is 0 Å². The number of thioether (sulfide) groups is 2. The maximum Gasteiger partial charge on any atom is 0.0682 e. The van der Waals surface area contributed by atoms with Gasteiger partial charge in [0.2, 0.25) is 0 Å². The fourth-order valence-corrected chi connectivity index (χ4v) is 9.57. The molecule has 1 aliphatic carbocycles. The fraction of sp³-hybridized carbons (Fsp3) is 0.600. The highest BCUT2D eigenvalue weighted by molar-refractivity contribution is 8.21. The van der Waals surface area contributed by atoms with E-state index in [9.17, 15) is 0 Å². The molecule has 2 fully saturated rings. The van der Waals surface area contributed by atoms with Crippen molar-refractivity contribution in [3.8, 4) is 11.1 Å². The lowest BCUT2D eigenvalue weighted by molar-refractivity contribution is 0.297. The second kappa shape index (κ2) is 12.0. The van der Waals surface area contributed by atoms with Crippen LogP contribution in [0.1, 0.15) is 95.1 Å². The molecule has 0 radical (unpaired) electrons. The van der Waals surface area contributed by atoms with E-state index in [1.165, 1.54) is 98.8 Å². The topological polar surface area (TPSA) is 0 Å². The van der Waals surface area contributed by atoms with E-state index in [-0.39, 0.29) is 0 Å². The summed E-state index contributed by atoms with van der Waals surface area (Å²) in [6, 6.07) is 19.0. The van der Waals surface area contributed by atoms with Gasteiger partial charge in [0.05, 0.1) is 4.08 Å². The van der Waals surface area contributed by atoms with Crippen LogP contribution in [-0.2, 0) is 6.42 Å². The molecule has 0 nitrogen and oxygen atoms in total. The minimum atomic E-state index is 0.441. The van der Waals surface area contributed by atoms with E-state index >= 15 is 0 Å². The third-order valence-corrected chi connectivity index (χ3v) is 11.3. The number of aryl methyl sites for hydroxylation is 1. The molecule has 0 aromatic heterocycles. The van der Waals surface area contributed by atoms with Gasteiger partial charge >= 0.3 is 0 Å². The molecule has 1 saturated carbocycles. The predicted octanol–water partition coefficient (Wildman–Crippen LogP) is 9.73. The van der Waals surface area contributed by atoms with Crippen molar-refractivity contribution in [3.05, 3.63) is 59.7 Å². The van der Waals surface area contributed by atoms with Crippen LogP contribution < -0.4 is 0 Å². The summed E-state index contributed by atoms with van der Waals surface area (Å²) in [6.45, 7) is 4.60. The van der Waals surface area contributed by atoms with Crippen molar-refractivity contribution in [1.29, 1.82) is 0 Å². The van der Waals surface area contributed by atoms with Crippen LogP contribution in [-0.4, -0.2) is 15.6 Å². The van der Waals surface area contributed by atoms with E-state index in [1.54, 1.807) is 5.56 Å². The first-order valence-electron chi connectivity index (χ1n) is 13.2. The van der Waals surface area contributed by atoms with Crippen molar-refractivity contribution in [1.82, 2.24) is 0 Å². The van der Waals surface area contributed by atoms with Crippen molar-refractivity contribution < 1.29 is 0 Å². The Kier molecular flexibility index (Phi) is 9.12. The summed E-state index contributed by atoms with van der Waals surface area (Å²) < 4.78 is 0.441. The Hall–Kier alpha value is -0.860. The molecule has 2 aromatic rings. The number of hydrogen-bond acceptors (Lipinski definition) is 2. The molecule has 174 valence electrons. The van der Waals surface area contributed by atoms with Crippen LogP contribution in [0.5, 0.6) is 0 Å². The second-order valence-corrected chi connectivity index (χ2v) is 13.1. The number of hydrogen-bond donors (Lipinski definition) is 0. The molecular formula is C30H42S2. The molecule has 32 heavy (non-hydrogen) atoms. The van der Waals surface area contributed by atoms with E-state index in [4.69, 9.17) is 0 Å². The largest absolute Gasteiger partial charge is 0.143 e. The standard InChI is InChI=1S/C30H42S2/c1-3-5-7-9-24-11-14-26(15-12-24)27-16-18-28(19-17-27)29-20-13-25(10-8-6-4-2)23-30(29)31-21-22-32-30/h11-12,14-19,25,29H,3-10,13,20-23H2,1-2H3/t25-,29+/m1/s1. The molecule has 0 unspecified atom stereocenters. The highest BCUT2D eigenvalue weighted by atomic mass is 32.2. The van der Waals surface area contributed by atoms with Crippen molar-refractivity contribution in [2.24, 2.45) is 5.92 Å². The fourth-order valence-electron chi connectivity index (χ4n) is 5.76. The quantitative estimate of drug-likeness (QED) is 0.320. The van der Waals surface area contributed by atoms with E-state index in [0.29, 0.717) is 4.08 Å². The maximum atomic E-state index is 2.45. The molecule has 1 aliphatic heterocycles. The molecule has 1 saturated heterocycles. The minimum Gasteiger partial charge on any atom is -0.143 e. The number of rotatable bonds is 10. The Bertz CT molecular complexity index is 802. The first-order valence-corrected chi connectivity index (χ1v) is 15.2. The van der Waals surface area contributed by atoms with Crippen LogP contribution in [0.4, 0.5) is 0 Å². The van der Waals surface area contributed by atoms with Crippen LogP contribution in [0.25, 0.3) is 11.1 Å². The zero-order valence-electron chi connectivity index (χ0n) is 20.3. The molecule has 2 heteroatoms. The second-order valence-electron chi connectivity index (χ2n) is 9.98. The monoisotopic (exact) mass is 466 g/mol. The van der Waals surface area contributed by atoms with Crippen molar-refractivity contribution in [3.63, 3.8) is 0 Å². The van der Waals surface area contributed by atoms with E-state index < -0.39 is 0 Å². The lowest BCUT2D eigenvalue weighted by atomic mass is 9.76.